The van der Waals surface area contributed by atoms with Crippen LogP contribution in [0.5, 0.6) is 5.75 Å². The van der Waals surface area contributed by atoms with Crippen molar-refractivity contribution >= 4 is 44.6 Å². The van der Waals surface area contributed by atoms with Gasteiger partial charge in [0.2, 0.25) is 0 Å². The molecule has 0 radical (unpaired) electrons. The van der Waals surface area contributed by atoms with Gasteiger partial charge in [-0.3, -0.25) is 9.69 Å². The Bertz CT molecular complexity index is 1390. The molecule has 0 saturated carbocycles. The summed E-state index contributed by atoms with van der Waals surface area (Å²) in [6, 6.07) is 17.5. The van der Waals surface area contributed by atoms with Crippen molar-refractivity contribution in [2.45, 2.75) is 11.4 Å². The first-order valence-electron chi connectivity index (χ1n) is 11.8. The Morgan fingerprint density at radius 3 is 2.38 bits per heavy atom. The van der Waals surface area contributed by atoms with Crippen LogP contribution in [-0.2, 0) is 21.2 Å². The summed E-state index contributed by atoms with van der Waals surface area (Å²) in [4.78, 5) is 17.5. The Kier molecular flexibility index (Phi) is 8.77. The fraction of sp³-hybridized carbons (Fsp3) is 0.296. The Labute approximate surface area is 227 Å². The molecular formula is C27H29Cl2N3O4S. The van der Waals surface area contributed by atoms with Gasteiger partial charge in [0.05, 0.1) is 14.9 Å². The summed E-state index contributed by atoms with van der Waals surface area (Å²) in [5.41, 5.74) is 3.13. The zero-order valence-electron chi connectivity index (χ0n) is 20.7. The predicted molar refractivity (Wildman–Crippen MR) is 148 cm³/mol. The zero-order chi connectivity index (χ0) is 26.6. The number of halogens is 2. The number of piperazine rings is 1. The highest BCUT2D eigenvalue weighted by atomic mass is 35.5. The maximum atomic E-state index is 12.6. The first-order chi connectivity index (χ1) is 17.6. The van der Waals surface area contributed by atoms with E-state index in [4.69, 9.17) is 27.9 Å². The lowest BCUT2D eigenvalue weighted by Crippen LogP contribution is -2.43. The first-order valence-corrected chi connectivity index (χ1v) is 14.5. The number of carbonyl (C=O) groups is 1. The topological polar surface area (TPSA) is 79.0 Å². The molecule has 1 aliphatic rings. The number of likely N-dealkylation sites (N-methyl/N-ethyl adjacent to an activating group) is 1. The number of ether oxygens (including phenoxy) is 1. The fourth-order valence-electron chi connectivity index (χ4n) is 4.09. The van der Waals surface area contributed by atoms with Gasteiger partial charge in [0.15, 0.2) is 16.4 Å². The second-order valence-corrected chi connectivity index (χ2v) is 12.0. The molecule has 1 fully saturated rings. The number of carbonyl (C=O) groups excluding carboxylic acids is 1. The van der Waals surface area contributed by atoms with Gasteiger partial charge in [0.1, 0.15) is 5.75 Å². The molecule has 0 aromatic heterocycles. The molecule has 10 heteroatoms. The number of anilines is 1. The highest BCUT2D eigenvalue weighted by molar-refractivity contribution is 7.90. The Balaban J connectivity index is 1.55. The van der Waals surface area contributed by atoms with E-state index in [1.165, 1.54) is 6.26 Å². The Hall–Kier alpha value is -2.62. The standard InChI is InChI=1S/C27H29Cl2N3O4S/c1-31-10-12-32(13-11-31)17-21-14-20(19-4-3-5-23(15-19)37(2,34)35)6-9-26(21)36-18-27(33)30-22-7-8-24(28)25(29)16-22/h3-9,14-16H,10-13,17-18H2,1-2H3,(H,30,33). The molecule has 3 aromatic rings. The quantitative estimate of drug-likeness (QED) is 0.424. The summed E-state index contributed by atoms with van der Waals surface area (Å²) >= 11 is 12.0. The minimum Gasteiger partial charge on any atom is -0.483 e. The van der Waals surface area contributed by atoms with Crippen LogP contribution in [-0.4, -0.2) is 70.2 Å². The smallest absolute Gasteiger partial charge is 0.262 e. The van der Waals surface area contributed by atoms with E-state index in [2.05, 4.69) is 22.2 Å². The highest BCUT2D eigenvalue weighted by Gasteiger charge is 2.18. The lowest BCUT2D eigenvalue weighted by Gasteiger charge is -2.32. The van der Waals surface area contributed by atoms with E-state index in [0.717, 1.165) is 42.9 Å². The largest absolute Gasteiger partial charge is 0.483 e. The predicted octanol–water partition coefficient (Wildman–Crippen LogP) is 4.83. The number of hydrogen-bond donors (Lipinski definition) is 1. The van der Waals surface area contributed by atoms with Gasteiger partial charge in [-0.05, 0) is 60.6 Å². The van der Waals surface area contributed by atoms with Gasteiger partial charge in [-0.1, -0.05) is 41.4 Å². The monoisotopic (exact) mass is 561 g/mol. The summed E-state index contributed by atoms with van der Waals surface area (Å²) in [6.07, 6.45) is 1.20. The van der Waals surface area contributed by atoms with Gasteiger partial charge >= 0.3 is 0 Å². The third-order valence-corrected chi connectivity index (χ3v) is 8.06. The summed E-state index contributed by atoms with van der Waals surface area (Å²) in [6.45, 7) is 4.25. The molecule has 0 aliphatic carbocycles. The van der Waals surface area contributed by atoms with Crippen LogP contribution in [0.25, 0.3) is 11.1 Å². The second kappa shape index (κ2) is 11.8. The van der Waals surface area contributed by atoms with Crippen molar-refractivity contribution < 1.29 is 17.9 Å². The summed E-state index contributed by atoms with van der Waals surface area (Å²) in [5.74, 6) is 0.278. The molecule has 37 heavy (non-hydrogen) atoms. The van der Waals surface area contributed by atoms with Gasteiger partial charge in [0.25, 0.3) is 5.91 Å². The summed E-state index contributed by atoms with van der Waals surface area (Å²) in [5, 5.41) is 3.52. The molecule has 1 N–H and O–H groups in total. The third-order valence-electron chi connectivity index (χ3n) is 6.21. The van der Waals surface area contributed by atoms with Crippen molar-refractivity contribution in [1.29, 1.82) is 0 Å². The van der Waals surface area contributed by atoms with Gasteiger partial charge in [0, 0.05) is 50.2 Å². The number of hydrogen-bond acceptors (Lipinski definition) is 6. The van der Waals surface area contributed by atoms with E-state index in [1.54, 1.807) is 36.4 Å². The van der Waals surface area contributed by atoms with Crippen LogP contribution in [0.1, 0.15) is 5.56 Å². The van der Waals surface area contributed by atoms with E-state index < -0.39 is 9.84 Å². The Morgan fingerprint density at radius 1 is 0.946 bits per heavy atom. The van der Waals surface area contributed by atoms with Crippen LogP contribution >= 0.6 is 23.2 Å². The van der Waals surface area contributed by atoms with Crippen molar-refractivity contribution in [3.63, 3.8) is 0 Å². The minimum atomic E-state index is -3.33. The molecule has 196 valence electrons. The highest BCUT2D eigenvalue weighted by Crippen LogP contribution is 2.30. The number of sulfone groups is 1. The lowest BCUT2D eigenvalue weighted by atomic mass is 10.0. The molecule has 3 aromatic carbocycles. The molecule has 7 nitrogen and oxygen atoms in total. The normalized spacial score (nSPS) is 14.9. The third kappa shape index (κ3) is 7.46. The van der Waals surface area contributed by atoms with Gasteiger partial charge in [-0.2, -0.15) is 0 Å². The molecule has 1 aliphatic heterocycles. The molecule has 0 atom stereocenters. The molecule has 1 heterocycles. The SMILES string of the molecule is CN1CCN(Cc2cc(-c3cccc(S(C)(=O)=O)c3)ccc2OCC(=O)Nc2ccc(Cl)c(Cl)c2)CC1. The lowest BCUT2D eigenvalue weighted by molar-refractivity contribution is -0.118. The van der Waals surface area contributed by atoms with Gasteiger partial charge < -0.3 is 15.0 Å². The number of rotatable bonds is 8. The van der Waals surface area contributed by atoms with Crippen LogP contribution in [0.15, 0.2) is 65.6 Å². The average Bonchev–Trinajstić information content (AvgIpc) is 2.86. The molecule has 0 unspecified atom stereocenters. The molecule has 1 amide bonds. The maximum Gasteiger partial charge on any atom is 0.262 e. The van der Waals surface area contributed by atoms with Crippen molar-refractivity contribution in [3.05, 3.63) is 76.3 Å². The number of nitrogens with zero attached hydrogens (tertiary/aromatic N) is 2. The van der Waals surface area contributed by atoms with E-state index in [0.29, 0.717) is 28.0 Å². The van der Waals surface area contributed by atoms with E-state index >= 15 is 0 Å². The minimum absolute atomic E-state index is 0.182. The summed E-state index contributed by atoms with van der Waals surface area (Å²) in [7, 11) is -1.22. The number of benzene rings is 3. The van der Waals surface area contributed by atoms with Crippen LogP contribution in [0.2, 0.25) is 10.0 Å². The van der Waals surface area contributed by atoms with Crippen molar-refractivity contribution in [1.82, 2.24) is 9.80 Å². The van der Waals surface area contributed by atoms with Crippen LogP contribution in [0.3, 0.4) is 0 Å². The first kappa shape index (κ1) is 27.4. The van der Waals surface area contributed by atoms with Crippen molar-refractivity contribution in [2.75, 3.05) is 51.4 Å². The molecular weight excluding hydrogens is 533 g/mol. The van der Waals surface area contributed by atoms with E-state index in [-0.39, 0.29) is 17.4 Å². The Morgan fingerprint density at radius 2 is 1.68 bits per heavy atom. The molecule has 0 bridgehead atoms. The average molecular weight is 563 g/mol. The molecule has 0 spiro atoms. The maximum absolute atomic E-state index is 12.6. The van der Waals surface area contributed by atoms with Gasteiger partial charge in [-0.25, -0.2) is 8.42 Å². The van der Waals surface area contributed by atoms with Crippen LogP contribution < -0.4 is 10.1 Å². The zero-order valence-corrected chi connectivity index (χ0v) is 23.0. The van der Waals surface area contributed by atoms with Crippen molar-refractivity contribution in [2.24, 2.45) is 0 Å². The van der Waals surface area contributed by atoms with E-state index in [1.807, 2.05) is 24.3 Å². The number of amides is 1. The van der Waals surface area contributed by atoms with Crippen LogP contribution in [0, 0.1) is 0 Å². The van der Waals surface area contributed by atoms with Crippen LogP contribution in [0.4, 0.5) is 5.69 Å². The van der Waals surface area contributed by atoms with Gasteiger partial charge in [-0.15, -0.1) is 0 Å². The molecule has 4 rings (SSSR count). The summed E-state index contributed by atoms with van der Waals surface area (Å²) < 4.78 is 30.1. The second-order valence-electron chi connectivity index (χ2n) is 9.17. The molecule has 1 saturated heterocycles. The van der Waals surface area contributed by atoms with Crippen molar-refractivity contribution in [3.8, 4) is 16.9 Å². The fourth-order valence-corrected chi connectivity index (χ4v) is 5.06. The number of nitrogens with one attached hydrogen (secondary N) is 1. The van der Waals surface area contributed by atoms with E-state index in [9.17, 15) is 13.2 Å².